The molecule has 3 N–H and O–H groups in total. The quantitative estimate of drug-likeness (QED) is 0.190. The first-order valence-electron chi connectivity index (χ1n) is 12.6. The lowest BCUT2D eigenvalue weighted by Gasteiger charge is -2.24. The Morgan fingerprint density at radius 1 is 0.833 bits per heavy atom. The van der Waals surface area contributed by atoms with Gasteiger partial charge in [-0.25, -0.2) is 0 Å². The molecule has 0 aromatic carbocycles. The SMILES string of the molecule is CCCCCCCCCCCCCCC/C=C/CCO[C@@H](CO)[C@H]1OC[C@@H](O)[C@H]1O. The van der Waals surface area contributed by atoms with Gasteiger partial charge in [0.05, 0.1) is 19.8 Å². The number of rotatable bonds is 20. The Morgan fingerprint density at radius 3 is 1.87 bits per heavy atom. The summed E-state index contributed by atoms with van der Waals surface area (Å²) in [7, 11) is 0. The van der Waals surface area contributed by atoms with E-state index in [1.165, 1.54) is 83.5 Å². The van der Waals surface area contributed by atoms with Gasteiger partial charge in [0, 0.05) is 0 Å². The molecular weight excluding hydrogens is 380 g/mol. The third kappa shape index (κ3) is 13.1. The second-order valence-electron chi connectivity index (χ2n) is 8.74. The molecule has 0 aromatic heterocycles. The fourth-order valence-corrected chi connectivity index (χ4v) is 4.01. The first-order chi connectivity index (χ1) is 14.7. The van der Waals surface area contributed by atoms with E-state index in [2.05, 4.69) is 19.1 Å². The Hall–Kier alpha value is -0.460. The lowest BCUT2D eigenvalue weighted by Crippen LogP contribution is -2.42. The Morgan fingerprint density at radius 2 is 1.37 bits per heavy atom. The molecule has 0 radical (unpaired) electrons. The molecule has 1 aliphatic rings. The normalized spacial score (nSPS) is 22.9. The van der Waals surface area contributed by atoms with Crippen LogP contribution < -0.4 is 0 Å². The van der Waals surface area contributed by atoms with Gasteiger partial charge in [0.2, 0.25) is 0 Å². The third-order valence-corrected chi connectivity index (χ3v) is 5.99. The maximum atomic E-state index is 9.83. The molecule has 1 aliphatic heterocycles. The van der Waals surface area contributed by atoms with Crippen LogP contribution in [0.5, 0.6) is 0 Å². The number of aliphatic hydroxyl groups is 3. The zero-order chi connectivity index (χ0) is 21.9. The van der Waals surface area contributed by atoms with Crippen molar-refractivity contribution in [3.05, 3.63) is 12.2 Å². The number of hydrogen-bond donors (Lipinski definition) is 3. The van der Waals surface area contributed by atoms with Crippen LogP contribution in [0.3, 0.4) is 0 Å². The van der Waals surface area contributed by atoms with Crippen molar-refractivity contribution in [2.24, 2.45) is 0 Å². The molecule has 0 unspecified atom stereocenters. The number of allylic oxidation sites excluding steroid dienone is 1. The third-order valence-electron chi connectivity index (χ3n) is 5.99. The molecule has 30 heavy (non-hydrogen) atoms. The summed E-state index contributed by atoms with van der Waals surface area (Å²) in [6, 6.07) is 0. The van der Waals surface area contributed by atoms with Crippen LogP contribution >= 0.6 is 0 Å². The molecule has 5 heteroatoms. The van der Waals surface area contributed by atoms with E-state index >= 15 is 0 Å². The summed E-state index contributed by atoms with van der Waals surface area (Å²) >= 11 is 0. The highest BCUT2D eigenvalue weighted by Gasteiger charge is 2.40. The first kappa shape index (κ1) is 27.6. The topological polar surface area (TPSA) is 79.2 Å². The van der Waals surface area contributed by atoms with Crippen molar-refractivity contribution in [3.8, 4) is 0 Å². The van der Waals surface area contributed by atoms with Gasteiger partial charge >= 0.3 is 0 Å². The summed E-state index contributed by atoms with van der Waals surface area (Å²) in [6.07, 6.45) is 21.0. The average molecular weight is 429 g/mol. The average Bonchev–Trinajstić information content (AvgIpc) is 3.08. The summed E-state index contributed by atoms with van der Waals surface area (Å²) < 4.78 is 10.9. The van der Waals surface area contributed by atoms with Crippen LogP contribution in [0.25, 0.3) is 0 Å². The van der Waals surface area contributed by atoms with Crippen LogP contribution in [0.15, 0.2) is 12.2 Å². The van der Waals surface area contributed by atoms with Gasteiger partial charge < -0.3 is 24.8 Å². The highest BCUT2D eigenvalue weighted by atomic mass is 16.6. The second-order valence-corrected chi connectivity index (χ2v) is 8.74. The van der Waals surface area contributed by atoms with Crippen LogP contribution in [-0.2, 0) is 9.47 Å². The van der Waals surface area contributed by atoms with Crippen molar-refractivity contribution in [1.82, 2.24) is 0 Å². The number of unbranched alkanes of at least 4 members (excludes halogenated alkanes) is 13. The molecule has 1 saturated heterocycles. The predicted molar refractivity (Wildman–Crippen MR) is 123 cm³/mol. The minimum absolute atomic E-state index is 0.0880. The van der Waals surface area contributed by atoms with Gasteiger partial charge in [0.1, 0.15) is 24.4 Å². The van der Waals surface area contributed by atoms with Gasteiger partial charge in [-0.15, -0.1) is 0 Å². The monoisotopic (exact) mass is 428 g/mol. The second kappa shape index (κ2) is 19.2. The van der Waals surface area contributed by atoms with E-state index < -0.39 is 24.4 Å². The van der Waals surface area contributed by atoms with Crippen LogP contribution in [0, 0.1) is 0 Å². The van der Waals surface area contributed by atoms with Crippen LogP contribution in [-0.4, -0.2) is 59.6 Å². The molecule has 0 bridgehead atoms. The maximum absolute atomic E-state index is 9.83. The summed E-state index contributed by atoms with van der Waals surface area (Å²) in [5.41, 5.74) is 0. The summed E-state index contributed by atoms with van der Waals surface area (Å²) in [6.45, 7) is 2.61. The lowest BCUT2D eigenvalue weighted by molar-refractivity contribution is -0.0996. The standard InChI is InChI=1S/C25H48O5/c1-2-3-4-5-6-7-8-9-10-11-12-13-14-15-16-17-18-19-29-23(20-26)25-24(28)22(27)21-30-25/h16-17,22-28H,2-15,18-21H2,1H3/b17-16+/t22-,23+,24-,25-/m1/s1. The maximum Gasteiger partial charge on any atom is 0.114 e. The molecule has 4 atom stereocenters. The Labute approximate surface area is 184 Å². The van der Waals surface area contributed by atoms with Crippen LogP contribution in [0.4, 0.5) is 0 Å². The van der Waals surface area contributed by atoms with E-state index in [0.717, 1.165) is 12.8 Å². The lowest BCUT2D eigenvalue weighted by atomic mass is 10.0. The van der Waals surface area contributed by atoms with Gasteiger partial charge in [-0.3, -0.25) is 0 Å². The van der Waals surface area contributed by atoms with Gasteiger partial charge in [0.25, 0.3) is 0 Å². The molecule has 0 spiro atoms. The minimum Gasteiger partial charge on any atom is -0.394 e. The van der Waals surface area contributed by atoms with Crippen LogP contribution in [0.2, 0.25) is 0 Å². The zero-order valence-electron chi connectivity index (χ0n) is 19.4. The number of aliphatic hydroxyl groups excluding tert-OH is 3. The van der Waals surface area contributed by atoms with E-state index in [0.29, 0.717) is 6.61 Å². The van der Waals surface area contributed by atoms with Crippen molar-refractivity contribution < 1.29 is 24.8 Å². The first-order valence-corrected chi connectivity index (χ1v) is 12.6. The van der Waals surface area contributed by atoms with Crippen molar-refractivity contribution in [2.75, 3.05) is 19.8 Å². The largest absolute Gasteiger partial charge is 0.394 e. The fourth-order valence-electron chi connectivity index (χ4n) is 4.01. The molecule has 1 rings (SSSR count). The Bertz CT molecular complexity index is 401. The van der Waals surface area contributed by atoms with E-state index in [4.69, 9.17) is 9.47 Å². The number of hydrogen-bond acceptors (Lipinski definition) is 5. The van der Waals surface area contributed by atoms with E-state index in [-0.39, 0.29) is 13.2 Å². The molecule has 0 aromatic rings. The van der Waals surface area contributed by atoms with Gasteiger partial charge in [-0.2, -0.15) is 0 Å². The molecule has 5 nitrogen and oxygen atoms in total. The molecular formula is C25H48O5. The zero-order valence-corrected chi connectivity index (χ0v) is 19.4. The van der Waals surface area contributed by atoms with E-state index in [1.54, 1.807) is 0 Å². The van der Waals surface area contributed by atoms with Crippen molar-refractivity contribution in [1.29, 1.82) is 0 Å². The molecule has 0 aliphatic carbocycles. The van der Waals surface area contributed by atoms with E-state index in [1.807, 2.05) is 0 Å². The molecule has 0 saturated carbocycles. The molecule has 1 heterocycles. The predicted octanol–water partition coefficient (Wildman–Crippen LogP) is 4.91. The highest BCUT2D eigenvalue weighted by molar-refractivity contribution is 4.89. The summed E-state index contributed by atoms with van der Waals surface area (Å²) in [4.78, 5) is 0. The summed E-state index contributed by atoms with van der Waals surface area (Å²) in [5, 5.41) is 28.8. The van der Waals surface area contributed by atoms with Crippen LogP contribution in [0.1, 0.15) is 103 Å². The smallest absolute Gasteiger partial charge is 0.114 e. The molecule has 1 fully saturated rings. The summed E-state index contributed by atoms with van der Waals surface area (Å²) in [5.74, 6) is 0. The Balaban J connectivity index is 1.85. The molecule has 0 amide bonds. The highest BCUT2D eigenvalue weighted by Crippen LogP contribution is 2.19. The minimum atomic E-state index is -0.992. The van der Waals surface area contributed by atoms with E-state index in [9.17, 15) is 15.3 Å². The molecule has 178 valence electrons. The Kier molecular flexibility index (Phi) is 17.7. The van der Waals surface area contributed by atoms with Gasteiger partial charge in [-0.05, 0) is 19.3 Å². The van der Waals surface area contributed by atoms with Gasteiger partial charge in [0.15, 0.2) is 0 Å². The fraction of sp³-hybridized carbons (Fsp3) is 0.920. The van der Waals surface area contributed by atoms with Crippen molar-refractivity contribution >= 4 is 0 Å². The van der Waals surface area contributed by atoms with Crippen molar-refractivity contribution in [3.63, 3.8) is 0 Å². The van der Waals surface area contributed by atoms with Crippen molar-refractivity contribution in [2.45, 2.75) is 128 Å². The number of ether oxygens (including phenoxy) is 2. The van der Waals surface area contributed by atoms with Gasteiger partial charge in [-0.1, -0.05) is 96.1 Å².